The molecular weight excluding hydrogens is 448 g/mol. The molecule has 178 valence electrons. The summed E-state index contributed by atoms with van der Waals surface area (Å²) in [6.45, 7) is 2.81. The van der Waals surface area contributed by atoms with Crippen LogP contribution in [0.25, 0.3) is 22.2 Å². The lowest BCUT2D eigenvalue weighted by Gasteiger charge is -2.13. The van der Waals surface area contributed by atoms with Gasteiger partial charge in [0.05, 0.1) is 30.6 Å². The fraction of sp³-hybridized carbons (Fsp3) is 0.192. The number of carbonyl (C=O) groups is 1. The monoisotopic (exact) mass is 472 g/mol. The van der Waals surface area contributed by atoms with Gasteiger partial charge in [-0.05, 0) is 35.2 Å². The number of aliphatic carboxylic acids is 1. The molecule has 35 heavy (non-hydrogen) atoms. The molecule has 0 saturated heterocycles. The minimum atomic E-state index is -1.23. The van der Waals surface area contributed by atoms with E-state index < -0.39 is 12.4 Å². The molecule has 3 N–H and O–H groups in total. The minimum Gasteiger partial charge on any atom is -0.481 e. The number of nitrogens with one attached hydrogen (secondary N) is 1. The molecule has 1 aliphatic rings. The van der Waals surface area contributed by atoms with E-state index in [1.807, 2.05) is 78.2 Å². The van der Waals surface area contributed by atoms with E-state index in [0.717, 1.165) is 27.8 Å². The molecule has 1 unspecified atom stereocenters. The van der Waals surface area contributed by atoms with Crippen LogP contribution in [-0.2, 0) is 22.6 Å². The van der Waals surface area contributed by atoms with Gasteiger partial charge < -0.3 is 14.9 Å². The number of imidazole rings is 1. The van der Waals surface area contributed by atoms with Crippen molar-refractivity contribution in [3.63, 3.8) is 0 Å². The second kappa shape index (κ2) is 9.57. The van der Waals surface area contributed by atoms with Crippen molar-refractivity contribution in [2.24, 2.45) is 4.99 Å². The van der Waals surface area contributed by atoms with Crippen LogP contribution in [0.4, 0.5) is 0 Å². The van der Waals surface area contributed by atoms with Crippen LogP contribution in [0.2, 0.25) is 0 Å². The Morgan fingerprint density at radius 3 is 2.54 bits per heavy atom. The highest BCUT2D eigenvalue weighted by Crippen LogP contribution is 2.29. The Morgan fingerprint density at radius 1 is 1.09 bits per heavy atom. The third kappa shape index (κ3) is 4.59. The first-order valence-electron chi connectivity index (χ1n) is 11.2. The van der Waals surface area contributed by atoms with E-state index in [0.29, 0.717) is 36.1 Å². The number of carboxylic acid groups (broad SMARTS) is 1. The first-order chi connectivity index (χ1) is 17.0. The summed E-state index contributed by atoms with van der Waals surface area (Å²) in [6, 6.07) is 21.7. The zero-order chi connectivity index (χ0) is 24.4. The fourth-order valence-corrected chi connectivity index (χ4v) is 4.24. The second-order valence-corrected chi connectivity index (χ2v) is 8.04. The SMILES string of the molecule is CCOc1nc2cccc(CC(=O)O)c2n1Cc1ccc(-c2ccccc2C2=NC(O)ON2)cc1. The van der Waals surface area contributed by atoms with Crippen molar-refractivity contribution in [3.05, 3.63) is 83.4 Å². The average molecular weight is 473 g/mol. The van der Waals surface area contributed by atoms with Crippen LogP contribution in [0.1, 0.15) is 23.6 Å². The van der Waals surface area contributed by atoms with Crippen LogP contribution < -0.4 is 10.2 Å². The quantitative estimate of drug-likeness (QED) is 0.360. The van der Waals surface area contributed by atoms with Crippen molar-refractivity contribution in [2.75, 3.05) is 6.61 Å². The Kier molecular flexibility index (Phi) is 6.17. The molecule has 9 nitrogen and oxygen atoms in total. The highest BCUT2D eigenvalue weighted by molar-refractivity contribution is 6.04. The van der Waals surface area contributed by atoms with Gasteiger partial charge in [-0.15, -0.1) is 0 Å². The number of carboxylic acids is 1. The molecule has 1 aromatic heterocycles. The van der Waals surface area contributed by atoms with Crippen molar-refractivity contribution in [3.8, 4) is 17.1 Å². The Morgan fingerprint density at radius 2 is 1.86 bits per heavy atom. The first kappa shape index (κ1) is 22.6. The van der Waals surface area contributed by atoms with Crippen LogP contribution in [0, 0.1) is 0 Å². The third-order valence-electron chi connectivity index (χ3n) is 5.72. The number of rotatable bonds is 8. The van der Waals surface area contributed by atoms with Crippen LogP contribution in [0.5, 0.6) is 6.01 Å². The van der Waals surface area contributed by atoms with E-state index in [-0.39, 0.29) is 6.42 Å². The van der Waals surface area contributed by atoms with Gasteiger partial charge >= 0.3 is 5.97 Å². The molecule has 9 heteroatoms. The van der Waals surface area contributed by atoms with Crippen molar-refractivity contribution in [2.45, 2.75) is 26.3 Å². The van der Waals surface area contributed by atoms with Crippen LogP contribution in [0.3, 0.4) is 0 Å². The maximum absolute atomic E-state index is 11.4. The lowest BCUT2D eigenvalue weighted by atomic mass is 9.98. The summed E-state index contributed by atoms with van der Waals surface area (Å²) in [6.07, 6.45) is -1.32. The van der Waals surface area contributed by atoms with Crippen LogP contribution >= 0.6 is 0 Å². The molecule has 0 fully saturated rings. The molecule has 1 aliphatic heterocycles. The average Bonchev–Trinajstić information content (AvgIpc) is 3.44. The molecule has 0 aliphatic carbocycles. The molecule has 0 spiro atoms. The summed E-state index contributed by atoms with van der Waals surface area (Å²) in [5.74, 6) is -0.431. The van der Waals surface area contributed by atoms with Gasteiger partial charge in [0, 0.05) is 5.56 Å². The predicted molar refractivity (Wildman–Crippen MR) is 130 cm³/mol. The third-order valence-corrected chi connectivity index (χ3v) is 5.72. The summed E-state index contributed by atoms with van der Waals surface area (Å²) in [5.41, 5.74) is 8.55. The number of benzene rings is 3. The summed E-state index contributed by atoms with van der Waals surface area (Å²) < 4.78 is 7.71. The normalized spacial score (nSPS) is 15.1. The second-order valence-electron chi connectivity index (χ2n) is 8.04. The number of aromatic nitrogens is 2. The molecule has 2 heterocycles. The zero-order valence-corrected chi connectivity index (χ0v) is 19.0. The Bertz CT molecular complexity index is 1410. The molecule has 0 saturated carbocycles. The predicted octanol–water partition coefficient (Wildman–Crippen LogP) is 3.33. The molecule has 1 atom stereocenters. The van der Waals surface area contributed by atoms with E-state index >= 15 is 0 Å². The van der Waals surface area contributed by atoms with E-state index in [1.165, 1.54) is 0 Å². The molecule has 0 bridgehead atoms. The molecule has 3 aromatic carbocycles. The Hall–Kier alpha value is -4.21. The summed E-state index contributed by atoms with van der Waals surface area (Å²) in [7, 11) is 0. The lowest BCUT2D eigenvalue weighted by molar-refractivity contribution is -0.136. The van der Waals surface area contributed by atoms with Crippen molar-refractivity contribution in [1.29, 1.82) is 0 Å². The number of hydrogen-bond acceptors (Lipinski definition) is 7. The maximum Gasteiger partial charge on any atom is 0.307 e. The van der Waals surface area contributed by atoms with Gasteiger partial charge in [-0.25, -0.2) is 15.3 Å². The Labute approximate surface area is 201 Å². The van der Waals surface area contributed by atoms with E-state index in [4.69, 9.17) is 9.57 Å². The van der Waals surface area contributed by atoms with E-state index in [1.54, 1.807) is 0 Å². The number of aliphatic imine (C=N–C) groups is 1. The molecule has 0 amide bonds. The molecule has 0 radical (unpaired) electrons. The number of aliphatic hydroxyl groups excluding tert-OH is 1. The summed E-state index contributed by atoms with van der Waals surface area (Å²) in [5, 5.41) is 18.9. The van der Waals surface area contributed by atoms with Gasteiger partial charge in [-0.1, -0.05) is 60.7 Å². The Balaban J connectivity index is 1.49. The summed E-state index contributed by atoms with van der Waals surface area (Å²) >= 11 is 0. The van der Waals surface area contributed by atoms with Gasteiger partial charge in [0.15, 0.2) is 5.84 Å². The van der Waals surface area contributed by atoms with Crippen molar-refractivity contribution < 1.29 is 24.6 Å². The standard InChI is InChI=1S/C26H24N4O5/c1-2-34-25-27-21-9-5-6-18(14-22(31)32)23(21)30(25)15-16-10-12-17(13-11-16)19-7-3-4-8-20(19)24-28-26(33)35-29-24/h3-13,26,33H,2,14-15H2,1H3,(H,28,29)(H,31,32). The van der Waals surface area contributed by atoms with Gasteiger partial charge in [-0.2, -0.15) is 4.98 Å². The van der Waals surface area contributed by atoms with E-state index in [9.17, 15) is 15.0 Å². The van der Waals surface area contributed by atoms with Crippen molar-refractivity contribution in [1.82, 2.24) is 15.0 Å². The number of ether oxygens (including phenoxy) is 1. The number of para-hydroxylation sites is 1. The van der Waals surface area contributed by atoms with Gasteiger partial charge in [-0.3, -0.25) is 9.36 Å². The minimum absolute atomic E-state index is 0.0966. The number of fused-ring (bicyclic) bond motifs is 1. The molecular formula is C26H24N4O5. The van der Waals surface area contributed by atoms with E-state index in [2.05, 4.69) is 15.5 Å². The number of hydroxylamine groups is 1. The van der Waals surface area contributed by atoms with Crippen LogP contribution in [-0.4, -0.2) is 44.6 Å². The number of hydrogen-bond donors (Lipinski definition) is 3. The highest BCUT2D eigenvalue weighted by Gasteiger charge is 2.20. The number of nitrogens with zero attached hydrogens (tertiary/aromatic N) is 3. The topological polar surface area (TPSA) is 118 Å². The largest absolute Gasteiger partial charge is 0.481 e. The zero-order valence-electron chi connectivity index (χ0n) is 19.0. The van der Waals surface area contributed by atoms with Crippen LogP contribution in [0.15, 0.2) is 71.7 Å². The molecule has 4 aromatic rings. The van der Waals surface area contributed by atoms with Crippen molar-refractivity contribution >= 4 is 22.8 Å². The molecule has 5 rings (SSSR count). The number of amidine groups is 1. The highest BCUT2D eigenvalue weighted by atomic mass is 16.7. The first-order valence-corrected chi connectivity index (χ1v) is 11.2. The lowest BCUT2D eigenvalue weighted by Crippen LogP contribution is -2.19. The smallest absolute Gasteiger partial charge is 0.307 e. The van der Waals surface area contributed by atoms with Gasteiger partial charge in [0.2, 0.25) is 0 Å². The van der Waals surface area contributed by atoms with Gasteiger partial charge in [0.25, 0.3) is 12.4 Å². The summed E-state index contributed by atoms with van der Waals surface area (Å²) in [4.78, 5) is 25.0. The number of aliphatic hydroxyl groups is 1. The maximum atomic E-state index is 11.4. The fourth-order valence-electron chi connectivity index (χ4n) is 4.24. The van der Waals surface area contributed by atoms with Gasteiger partial charge in [0.1, 0.15) is 0 Å².